The molecule has 2 rings (SSSR count). The molecule has 0 aliphatic rings. The van der Waals surface area contributed by atoms with Crippen molar-refractivity contribution in [3.05, 3.63) is 65.5 Å². The zero-order chi connectivity index (χ0) is 20.0. The van der Waals surface area contributed by atoms with E-state index in [0.717, 1.165) is 11.3 Å². The fraction of sp³-hybridized carbons (Fsp3) is 0.364. The molecule has 2 aromatic carbocycles. The zero-order valence-corrected chi connectivity index (χ0v) is 16.4. The molecular formula is C22H27FN2O2. The second-order valence-electron chi connectivity index (χ2n) is 7.62. The highest BCUT2D eigenvalue weighted by Gasteiger charge is 2.16. The van der Waals surface area contributed by atoms with Crippen LogP contribution in [0, 0.1) is 5.82 Å². The lowest BCUT2D eigenvalue weighted by molar-refractivity contribution is -0.121. The third-order valence-corrected chi connectivity index (χ3v) is 4.36. The number of hydrogen-bond acceptors (Lipinski definition) is 2. The first-order valence-electron chi connectivity index (χ1n) is 9.06. The van der Waals surface area contributed by atoms with E-state index in [-0.39, 0.29) is 29.5 Å². The Balaban J connectivity index is 1.91. The molecule has 0 spiro atoms. The number of rotatable bonds is 6. The van der Waals surface area contributed by atoms with Gasteiger partial charge in [0, 0.05) is 25.7 Å². The normalized spacial score (nSPS) is 11.1. The average Bonchev–Trinajstić information content (AvgIpc) is 2.60. The molecule has 0 saturated carbocycles. The van der Waals surface area contributed by atoms with Crippen LogP contribution in [0.25, 0.3) is 0 Å². The van der Waals surface area contributed by atoms with Crippen LogP contribution in [0.5, 0.6) is 0 Å². The van der Waals surface area contributed by atoms with Gasteiger partial charge in [0.1, 0.15) is 5.82 Å². The Morgan fingerprint density at radius 2 is 1.59 bits per heavy atom. The number of anilines is 1. The predicted octanol–water partition coefficient (Wildman–Crippen LogP) is 3.84. The van der Waals surface area contributed by atoms with E-state index in [1.807, 2.05) is 24.3 Å². The van der Waals surface area contributed by atoms with Gasteiger partial charge in [0.2, 0.25) is 11.8 Å². The van der Waals surface area contributed by atoms with Gasteiger partial charge in [-0.15, -0.1) is 0 Å². The number of carbonyl (C=O) groups excluding carboxylic acids is 2. The van der Waals surface area contributed by atoms with Crippen LogP contribution in [-0.2, 0) is 21.4 Å². The first-order chi connectivity index (χ1) is 12.7. The van der Waals surface area contributed by atoms with Crippen LogP contribution in [0.15, 0.2) is 48.5 Å². The molecule has 0 atom stereocenters. The van der Waals surface area contributed by atoms with Crippen molar-refractivity contribution >= 4 is 17.5 Å². The number of halogens is 1. The summed E-state index contributed by atoms with van der Waals surface area (Å²) in [7, 11) is 0. The molecule has 0 aromatic heterocycles. The van der Waals surface area contributed by atoms with Gasteiger partial charge in [0.05, 0.1) is 6.42 Å². The van der Waals surface area contributed by atoms with Crippen LogP contribution in [0.4, 0.5) is 10.1 Å². The van der Waals surface area contributed by atoms with Gasteiger partial charge >= 0.3 is 0 Å². The fourth-order valence-electron chi connectivity index (χ4n) is 2.77. The minimum absolute atomic E-state index is 0.0495. The maximum atomic E-state index is 12.9. The molecule has 27 heavy (non-hydrogen) atoms. The summed E-state index contributed by atoms with van der Waals surface area (Å²) in [5.41, 5.74) is 2.80. The molecule has 0 aliphatic carbocycles. The number of nitrogens with one attached hydrogen (secondary N) is 1. The van der Waals surface area contributed by atoms with Crippen molar-refractivity contribution in [3.8, 4) is 0 Å². The molecule has 0 unspecified atom stereocenters. The Morgan fingerprint density at radius 3 is 2.11 bits per heavy atom. The first-order valence-corrected chi connectivity index (χ1v) is 9.06. The van der Waals surface area contributed by atoms with Gasteiger partial charge in [0.15, 0.2) is 0 Å². The molecule has 4 nitrogen and oxygen atoms in total. The van der Waals surface area contributed by atoms with Crippen molar-refractivity contribution < 1.29 is 14.0 Å². The van der Waals surface area contributed by atoms with E-state index in [1.165, 1.54) is 24.6 Å². The number of nitrogens with zero attached hydrogens (tertiary/aromatic N) is 1. The van der Waals surface area contributed by atoms with E-state index in [1.54, 1.807) is 17.0 Å². The van der Waals surface area contributed by atoms with E-state index >= 15 is 0 Å². The SMILES string of the molecule is CC(=O)N(CCNC(=O)Cc1ccc(F)cc1)c1ccc(C(C)(C)C)cc1. The van der Waals surface area contributed by atoms with Gasteiger partial charge in [-0.05, 0) is 40.8 Å². The minimum atomic E-state index is -0.325. The Kier molecular flexibility index (Phi) is 6.72. The Hall–Kier alpha value is -2.69. The molecule has 0 aliphatic heterocycles. The van der Waals surface area contributed by atoms with Gasteiger partial charge < -0.3 is 10.2 Å². The summed E-state index contributed by atoms with van der Waals surface area (Å²) >= 11 is 0. The molecule has 144 valence electrons. The van der Waals surface area contributed by atoms with Gasteiger partial charge in [-0.2, -0.15) is 0 Å². The van der Waals surface area contributed by atoms with E-state index in [0.29, 0.717) is 13.1 Å². The highest BCUT2D eigenvalue weighted by molar-refractivity contribution is 5.91. The van der Waals surface area contributed by atoms with Crippen LogP contribution in [-0.4, -0.2) is 24.9 Å². The molecule has 2 amide bonds. The van der Waals surface area contributed by atoms with Gasteiger partial charge in [-0.25, -0.2) is 4.39 Å². The Bertz CT molecular complexity index is 777. The van der Waals surface area contributed by atoms with Crippen molar-refractivity contribution in [2.45, 2.75) is 39.5 Å². The maximum Gasteiger partial charge on any atom is 0.224 e. The van der Waals surface area contributed by atoms with E-state index < -0.39 is 0 Å². The molecule has 0 bridgehead atoms. The van der Waals surface area contributed by atoms with Gasteiger partial charge in [0.25, 0.3) is 0 Å². The average molecular weight is 370 g/mol. The van der Waals surface area contributed by atoms with Crippen LogP contribution in [0.3, 0.4) is 0 Å². The van der Waals surface area contributed by atoms with Crippen LogP contribution < -0.4 is 10.2 Å². The third-order valence-electron chi connectivity index (χ3n) is 4.36. The predicted molar refractivity (Wildman–Crippen MR) is 106 cm³/mol. The minimum Gasteiger partial charge on any atom is -0.354 e. The van der Waals surface area contributed by atoms with E-state index in [9.17, 15) is 14.0 Å². The van der Waals surface area contributed by atoms with Gasteiger partial charge in [-0.1, -0.05) is 45.0 Å². The topological polar surface area (TPSA) is 49.4 Å². The molecule has 2 aromatic rings. The van der Waals surface area contributed by atoms with Gasteiger partial charge in [-0.3, -0.25) is 9.59 Å². The van der Waals surface area contributed by atoms with Crippen molar-refractivity contribution in [2.24, 2.45) is 0 Å². The number of benzene rings is 2. The molecule has 0 radical (unpaired) electrons. The Morgan fingerprint density at radius 1 is 1.00 bits per heavy atom. The standard InChI is InChI=1S/C22H27FN2O2/c1-16(26)25(20-11-7-18(8-12-20)22(2,3)4)14-13-24-21(27)15-17-5-9-19(23)10-6-17/h5-12H,13-15H2,1-4H3,(H,24,27). The molecule has 5 heteroatoms. The van der Waals surface area contributed by atoms with Crippen LogP contribution in [0.2, 0.25) is 0 Å². The smallest absolute Gasteiger partial charge is 0.224 e. The third kappa shape index (κ3) is 6.20. The molecular weight excluding hydrogens is 343 g/mol. The van der Waals surface area contributed by atoms with Crippen molar-refractivity contribution in [3.63, 3.8) is 0 Å². The highest BCUT2D eigenvalue weighted by atomic mass is 19.1. The van der Waals surface area contributed by atoms with Crippen molar-refractivity contribution in [1.29, 1.82) is 0 Å². The largest absolute Gasteiger partial charge is 0.354 e. The summed E-state index contributed by atoms with van der Waals surface area (Å²) in [5.74, 6) is -0.562. The van der Waals surface area contributed by atoms with E-state index in [4.69, 9.17) is 0 Å². The quantitative estimate of drug-likeness (QED) is 0.840. The second-order valence-corrected chi connectivity index (χ2v) is 7.62. The number of carbonyl (C=O) groups is 2. The summed E-state index contributed by atoms with van der Waals surface area (Å²) < 4.78 is 12.9. The lowest BCUT2D eigenvalue weighted by Gasteiger charge is -2.24. The Labute approximate surface area is 160 Å². The van der Waals surface area contributed by atoms with Crippen molar-refractivity contribution in [1.82, 2.24) is 5.32 Å². The van der Waals surface area contributed by atoms with Crippen LogP contribution in [0.1, 0.15) is 38.8 Å². The lowest BCUT2D eigenvalue weighted by Crippen LogP contribution is -2.38. The monoisotopic (exact) mass is 370 g/mol. The zero-order valence-electron chi connectivity index (χ0n) is 16.4. The summed E-state index contributed by atoms with van der Waals surface area (Å²) in [6.07, 6.45) is 0.181. The lowest BCUT2D eigenvalue weighted by atomic mass is 9.87. The highest BCUT2D eigenvalue weighted by Crippen LogP contribution is 2.24. The molecule has 1 N–H and O–H groups in total. The number of amides is 2. The molecule has 0 saturated heterocycles. The summed E-state index contributed by atoms with van der Waals surface area (Å²) in [6, 6.07) is 13.8. The maximum absolute atomic E-state index is 12.9. The van der Waals surface area contributed by atoms with Crippen LogP contribution >= 0.6 is 0 Å². The molecule has 0 heterocycles. The molecule has 0 fully saturated rings. The van der Waals surface area contributed by atoms with Crippen molar-refractivity contribution in [2.75, 3.05) is 18.0 Å². The first kappa shape index (κ1) is 20.6. The summed E-state index contributed by atoms with van der Waals surface area (Å²) in [6.45, 7) is 8.67. The fourth-order valence-corrected chi connectivity index (χ4v) is 2.77. The summed E-state index contributed by atoms with van der Waals surface area (Å²) in [5, 5.41) is 2.81. The summed E-state index contributed by atoms with van der Waals surface area (Å²) in [4.78, 5) is 25.7. The van der Waals surface area contributed by atoms with E-state index in [2.05, 4.69) is 26.1 Å². The number of hydrogen-bond donors (Lipinski definition) is 1. The second kappa shape index (κ2) is 8.80.